The Kier molecular flexibility index (Phi) is 21.5. The lowest BCUT2D eigenvalue weighted by atomic mass is 10.0. The normalized spacial score (nSPS) is 15.5. The standard InChI is InChI=1S/C49H67N11O10/c1-27(54-45(66)35(51)23-31-15-7-5-8-16-31)43(64)57-38(24-32-17-9-6-10-18-32)47(68)58-39(25-33-26-53-36-20-12-11-19-34(33)36)48(69)56-37(21-13-14-22-50)46(67)60-41(30(4)62)49(70)55-28(2)44(65)59-40(29(3)61)42(52)63/h5-12,15-20,26-30,35,37-41,53,61-62H,13-14,21-25,50-51H2,1-4H3,(H2,52,63)(H,54,66)(H,55,70)(H,56,69)(H,57,64)(H,58,68)(H,59,65)(H,60,67)/t27-,28-,29+,30+,35+,37-,38-,39+,40-,41-/m0/s1. The van der Waals surface area contributed by atoms with E-state index in [0.29, 0.717) is 24.0 Å². The summed E-state index contributed by atoms with van der Waals surface area (Å²) in [6.45, 7) is 5.43. The molecule has 0 fully saturated rings. The van der Waals surface area contributed by atoms with E-state index < -0.39 is 108 Å². The fourth-order valence-electron chi connectivity index (χ4n) is 7.47. The number of aliphatic hydroxyl groups excluding tert-OH is 2. The molecular formula is C49H67N11O10. The van der Waals surface area contributed by atoms with Gasteiger partial charge in [-0.1, -0.05) is 78.9 Å². The highest BCUT2D eigenvalue weighted by Crippen LogP contribution is 2.20. The number of aromatic amines is 1. The van der Waals surface area contributed by atoms with E-state index in [2.05, 4.69) is 42.2 Å². The molecule has 21 heteroatoms. The van der Waals surface area contributed by atoms with E-state index in [1.807, 2.05) is 48.5 Å². The number of carbonyl (C=O) groups is 8. The number of aromatic nitrogens is 1. The van der Waals surface area contributed by atoms with Crippen LogP contribution < -0.4 is 54.4 Å². The van der Waals surface area contributed by atoms with Crippen molar-refractivity contribution in [1.29, 1.82) is 0 Å². The first-order valence-electron chi connectivity index (χ1n) is 23.2. The first kappa shape index (κ1) is 55.4. The van der Waals surface area contributed by atoms with Crippen LogP contribution in [0.5, 0.6) is 0 Å². The van der Waals surface area contributed by atoms with Crippen LogP contribution in [-0.4, -0.2) is 130 Å². The Labute approximate surface area is 406 Å². The van der Waals surface area contributed by atoms with Gasteiger partial charge in [-0.2, -0.15) is 0 Å². The van der Waals surface area contributed by atoms with Gasteiger partial charge < -0.3 is 69.6 Å². The van der Waals surface area contributed by atoms with Crippen LogP contribution in [0.2, 0.25) is 0 Å². The number of nitrogens with one attached hydrogen (secondary N) is 8. The van der Waals surface area contributed by atoms with Crippen molar-refractivity contribution < 1.29 is 48.6 Å². The summed E-state index contributed by atoms with van der Waals surface area (Å²) in [5.74, 6) is -6.66. The minimum Gasteiger partial charge on any atom is -0.391 e. The van der Waals surface area contributed by atoms with E-state index in [1.54, 1.807) is 42.6 Å². The zero-order valence-corrected chi connectivity index (χ0v) is 39.8. The number of primary amides is 1. The molecular weight excluding hydrogens is 903 g/mol. The summed E-state index contributed by atoms with van der Waals surface area (Å²) in [6.07, 6.45) is -0.301. The summed E-state index contributed by atoms with van der Waals surface area (Å²) in [4.78, 5) is 111. The average molecular weight is 970 g/mol. The van der Waals surface area contributed by atoms with Gasteiger partial charge >= 0.3 is 0 Å². The molecule has 1 heterocycles. The van der Waals surface area contributed by atoms with Crippen LogP contribution in [0.4, 0.5) is 0 Å². The third-order valence-electron chi connectivity index (χ3n) is 11.5. The summed E-state index contributed by atoms with van der Waals surface area (Å²) < 4.78 is 0. The summed E-state index contributed by atoms with van der Waals surface area (Å²) >= 11 is 0. The van der Waals surface area contributed by atoms with Gasteiger partial charge in [0, 0.05) is 29.9 Å². The van der Waals surface area contributed by atoms with E-state index in [9.17, 15) is 48.6 Å². The minimum atomic E-state index is -1.66. The molecule has 0 unspecified atom stereocenters. The zero-order valence-electron chi connectivity index (χ0n) is 39.8. The third kappa shape index (κ3) is 16.8. The van der Waals surface area contributed by atoms with Crippen LogP contribution in [0.3, 0.4) is 0 Å². The minimum absolute atomic E-state index is 0.00857. The summed E-state index contributed by atoms with van der Waals surface area (Å²) in [5, 5.41) is 39.2. The summed E-state index contributed by atoms with van der Waals surface area (Å²) in [5.41, 5.74) is 20.1. The first-order valence-corrected chi connectivity index (χ1v) is 23.2. The van der Waals surface area contributed by atoms with Gasteiger partial charge in [0.1, 0.15) is 42.3 Å². The van der Waals surface area contributed by atoms with Crippen molar-refractivity contribution in [3.63, 3.8) is 0 Å². The number of aliphatic hydroxyl groups is 2. The highest BCUT2D eigenvalue weighted by atomic mass is 16.3. The second-order valence-corrected chi connectivity index (χ2v) is 17.3. The zero-order chi connectivity index (χ0) is 51.5. The number of fused-ring (bicyclic) bond motifs is 1. The van der Waals surface area contributed by atoms with Crippen molar-refractivity contribution >= 4 is 58.2 Å². The predicted molar refractivity (Wildman–Crippen MR) is 261 cm³/mol. The van der Waals surface area contributed by atoms with Crippen molar-refractivity contribution in [1.82, 2.24) is 42.2 Å². The predicted octanol–water partition coefficient (Wildman–Crippen LogP) is -1.67. The van der Waals surface area contributed by atoms with Crippen LogP contribution in [0.1, 0.15) is 63.6 Å². The topological polar surface area (TPSA) is 355 Å². The van der Waals surface area contributed by atoms with Crippen molar-refractivity contribution in [2.45, 2.75) is 127 Å². The number of nitrogens with two attached hydrogens (primary N) is 3. The molecule has 3 aromatic carbocycles. The van der Waals surface area contributed by atoms with Crippen LogP contribution in [0, 0.1) is 0 Å². The molecule has 10 atom stereocenters. The van der Waals surface area contributed by atoms with Crippen LogP contribution >= 0.6 is 0 Å². The molecule has 1 aromatic heterocycles. The van der Waals surface area contributed by atoms with E-state index in [1.165, 1.54) is 27.7 Å². The quantitative estimate of drug-likeness (QED) is 0.0299. The highest BCUT2D eigenvalue weighted by Gasteiger charge is 2.35. The fraction of sp³-hybridized carbons (Fsp3) is 0.429. The SMILES string of the molecule is C[C@H](NC(=O)[C@H](N)Cc1ccccc1)C(=O)N[C@@H](Cc1ccccc1)C(=O)N[C@H](Cc1c[nH]c2ccccc12)C(=O)N[C@@H](CCCCN)C(=O)N[C@H](C(=O)N[C@@H](C)C(=O)N[C@H](C(N)=O)[C@@H](C)O)[C@@H](C)O. The third-order valence-corrected chi connectivity index (χ3v) is 11.5. The molecule has 70 heavy (non-hydrogen) atoms. The first-order chi connectivity index (χ1) is 33.3. The molecule has 378 valence electrons. The lowest BCUT2D eigenvalue weighted by molar-refractivity contribution is -0.137. The Morgan fingerprint density at radius 1 is 0.529 bits per heavy atom. The molecule has 16 N–H and O–H groups in total. The van der Waals surface area contributed by atoms with E-state index >= 15 is 0 Å². The number of rotatable bonds is 27. The second kappa shape index (κ2) is 27.1. The number of carbonyl (C=O) groups excluding carboxylic acids is 8. The van der Waals surface area contributed by atoms with E-state index in [-0.39, 0.29) is 32.2 Å². The fourth-order valence-corrected chi connectivity index (χ4v) is 7.47. The molecule has 0 bridgehead atoms. The Balaban J connectivity index is 1.58. The van der Waals surface area contributed by atoms with Gasteiger partial charge in [0.05, 0.1) is 18.2 Å². The van der Waals surface area contributed by atoms with Gasteiger partial charge in [-0.25, -0.2) is 0 Å². The number of H-pyrrole nitrogens is 1. The molecule has 4 rings (SSSR count). The lowest BCUT2D eigenvalue weighted by Gasteiger charge is -2.28. The molecule has 0 aliphatic carbocycles. The highest BCUT2D eigenvalue weighted by molar-refractivity contribution is 5.98. The summed E-state index contributed by atoms with van der Waals surface area (Å²) in [7, 11) is 0. The van der Waals surface area contributed by atoms with Crippen LogP contribution in [0.25, 0.3) is 10.9 Å². The maximum absolute atomic E-state index is 14.6. The smallest absolute Gasteiger partial charge is 0.245 e. The number of amides is 8. The molecule has 21 nitrogen and oxygen atoms in total. The number of benzene rings is 3. The number of hydrogen-bond donors (Lipinski definition) is 13. The molecule has 0 saturated heterocycles. The van der Waals surface area contributed by atoms with Gasteiger partial charge in [-0.15, -0.1) is 0 Å². The van der Waals surface area contributed by atoms with E-state index in [4.69, 9.17) is 17.2 Å². The molecule has 4 aromatic rings. The van der Waals surface area contributed by atoms with Crippen molar-refractivity contribution in [2.75, 3.05) is 6.54 Å². The van der Waals surface area contributed by atoms with E-state index in [0.717, 1.165) is 16.5 Å². The number of unbranched alkanes of at least 4 members (excludes halogenated alkanes) is 1. The van der Waals surface area contributed by atoms with Crippen molar-refractivity contribution in [2.24, 2.45) is 17.2 Å². The van der Waals surface area contributed by atoms with Gasteiger partial charge in [-0.3, -0.25) is 38.4 Å². The Bertz CT molecular complexity index is 2400. The van der Waals surface area contributed by atoms with Crippen LogP contribution in [-0.2, 0) is 57.6 Å². The molecule has 0 aliphatic rings. The van der Waals surface area contributed by atoms with Crippen LogP contribution in [0.15, 0.2) is 91.1 Å². The maximum atomic E-state index is 14.6. The number of hydrogen-bond acceptors (Lipinski definition) is 12. The molecule has 0 spiro atoms. The number of para-hydroxylation sites is 1. The summed E-state index contributed by atoms with van der Waals surface area (Å²) in [6, 6.07) is 14.7. The lowest BCUT2D eigenvalue weighted by Crippen LogP contribution is -2.62. The Hall–Kier alpha value is -7.20. The van der Waals surface area contributed by atoms with Gasteiger partial charge in [0.25, 0.3) is 0 Å². The second-order valence-electron chi connectivity index (χ2n) is 17.3. The maximum Gasteiger partial charge on any atom is 0.245 e. The molecule has 0 saturated carbocycles. The van der Waals surface area contributed by atoms with Gasteiger partial charge in [0.15, 0.2) is 0 Å². The Morgan fingerprint density at radius 3 is 1.57 bits per heavy atom. The average Bonchev–Trinajstić information content (AvgIpc) is 3.73. The van der Waals surface area contributed by atoms with Crippen molar-refractivity contribution in [3.05, 3.63) is 108 Å². The van der Waals surface area contributed by atoms with Gasteiger partial charge in [0.2, 0.25) is 47.3 Å². The largest absolute Gasteiger partial charge is 0.391 e. The van der Waals surface area contributed by atoms with Gasteiger partial charge in [-0.05, 0) is 82.7 Å². The molecule has 0 aliphatic heterocycles. The Morgan fingerprint density at radius 2 is 1.00 bits per heavy atom. The monoisotopic (exact) mass is 970 g/mol. The molecule has 8 amide bonds. The molecule has 0 radical (unpaired) electrons. The van der Waals surface area contributed by atoms with Crippen molar-refractivity contribution in [3.8, 4) is 0 Å².